The molecule has 2 unspecified atom stereocenters. The number of benzene rings is 1. The van der Waals surface area contributed by atoms with Crippen LogP contribution >= 0.6 is 0 Å². The van der Waals surface area contributed by atoms with Gasteiger partial charge >= 0.3 is 0 Å². The summed E-state index contributed by atoms with van der Waals surface area (Å²) in [5.74, 6) is -0.919. The number of hydrogen-bond acceptors (Lipinski definition) is 6. The lowest BCUT2D eigenvalue weighted by Crippen LogP contribution is -2.41. The summed E-state index contributed by atoms with van der Waals surface area (Å²) in [5, 5.41) is 2.78. The molecule has 1 amide bonds. The number of ketones is 1. The van der Waals surface area contributed by atoms with Crippen molar-refractivity contribution in [3.8, 4) is 0 Å². The highest BCUT2D eigenvalue weighted by Crippen LogP contribution is 2.39. The zero-order valence-electron chi connectivity index (χ0n) is 17.9. The minimum Gasteiger partial charge on any atom is -0.355 e. The number of amides is 1. The average Bonchev–Trinajstić information content (AvgIpc) is 3.19. The van der Waals surface area contributed by atoms with Crippen LogP contribution in [-0.2, 0) is 16.0 Å². The lowest BCUT2D eigenvalue weighted by atomic mass is 9.87. The number of aromatic nitrogens is 2. The molecule has 0 spiro atoms. The molecule has 7 nitrogen and oxygen atoms in total. The van der Waals surface area contributed by atoms with E-state index in [0.29, 0.717) is 63.2 Å². The second kappa shape index (κ2) is 8.11. The predicted octanol–water partition coefficient (Wildman–Crippen LogP) is 3.00. The highest BCUT2D eigenvalue weighted by atomic mass is 19.1. The van der Waals surface area contributed by atoms with E-state index in [2.05, 4.69) is 20.2 Å². The van der Waals surface area contributed by atoms with Gasteiger partial charge in [-0.15, -0.1) is 0 Å². The second-order valence-electron chi connectivity index (χ2n) is 8.79. The van der Waals surface area contributed by atoms with Gasteiger partial charge in [-0.25, -0.2) is 18.7 Å². The van der Waals surface area contributed by atoms with Gasteiger partial charge in [0.2, 0.25) is 5.91 Å². The topological polar surface area (TPSA) is 78.4 Å². The maximum Gasteiger partial charge on any atom is 0.227 e. The third-order valence-corrected chi connectivity index (χ3v) is 6.68. The predicted molar refractivity (Wildman–Crippen MR) is 115 cm³/mol. The van der Waals surface area contributed by atoms with E-state index in [1.807, 2.05) is 6.92 Å². The van der Waals surface area contributed by atoms with Crippen LogP contribution in [0.15, 0.2) is 18.5 Å². The minimum atomic E-state index is -0.818. The number of anilines is 3. The minimum absolute atomic E-state index is 0.0113. The molecule has 0 bridgehead atoms. The Balaban J connectivity index is 1.45. The van der Waals surface area contributed by atoms with Gasteiger partial charge < -0.3 is 15.1 Å². The number of rotatable bonds is 3. The fourth-order valence-electron chi connectivity index (χ4n) is 4.97. The number of carbonyl (C=O) groups is 2. The highest BCUT2D eigenvalue weighted by molar-refractivity contribution is 5.85. The molecule has 2 aromatic rings. The van der Waals surface area contributed by atoms with E-state index in [1.165, 1.54) is 18.5 Å². The van der Waals surface area contributed by atoms with Crippen LogP contribution in [0.1, 0.15) is 49.7 Å². The van der Waals surface area contributed by atoms with Crippen LogP contribution in [0.3, 0.4) is 0 Å². The summed E-state index contributed by atoms with van der Waals surface area (Å²) >= 11 is 0. The van der Waals surface area contributed by atoms with Gasteiger partial charge in [0.25, 0.3) is 0 Å². The fraction of sp³-hybridized carbons (Fsp3) is 0.478. The van der Waals surface area contributed by atoms with Crippen LogP contribution in [0.25, 0.3) is 0 Å². The fourth-order valence-corrected chi connectivity index (χ4v) is 4.97. The summed E-state index contributed by atoms with van der Waals surface area (Å²) < 4.78 is 30.2. The van der Waals surface area contributed by atoms with Crippen molar-refractivity contribution in [3.63, 3.8) is 0 Å². The first-order valence-electron chi connectivity index (χ1n) is 11.1. The Hall–Kier alpha value is -3.10. The lowest BCUT2D eigenvalue weighted by molar-refractivity contribution is -0.125. The van der Waals surface area contributed by atoms with Crippen LogP contribution in [0.4, 0.5) is 26.1 Å². The van der Waals surface area contributed by atoms with Crippen molar-refractivity contribution in [3.05, 3.63) is 41.2 Å². The molecule has 0 radical (unpaired) electrons. The van der Waals surface area contributed by atoms with E-state index >= 15 is 8.78 Å². The van der Waals surface area contributed by atoms with E-state index in [1.54, 1.807) is 4.90 Å². The smallest absolute Gasteiger partial charge is 0.227 e. The van der Waals surface area contributed by atoms with Gasteiger partial charge in [0.05, 0.1) is 5.92 Å². The number of Topliss-reactive ketones (excluding diaryl/α,β-unsaturated/α-hetero) is 1. The Kier molecular flexibility index (Phi) is 5.27. The van der Waals surface area contributed by atoms with Crippen molar-refractivity contribution in [1.29, 1.82) is 0 Å². The molecule has 0 saturated carbocycles. The molecule has 3 aliphatic heterocycles. The number of fused-ring (bicyclic) bond motifs is 1. The molecule has 9 heteroatoms. The Morgan fingerprint density at radius 2 is 1.66 bits per heavy atom. The van der Waals surface area contributed by atoms with E-state index in [-0.39, 0.29) is 23.3 Å². The van der Waals surface area contributed by atoms with Gasteiger partial charge in [0, 0.05) is 55.3 Å². The van der Waals surface area contributed by atoms with Crippen LogP contribution < -0.4 is 15.1 Å². The molecule has 0 aliphatic carbocycles. The summed E-state index contributed by atoms with van der Waals surface area (Å²) in [5.41, 5.74) is 1.12. The zero-order chi connectivity index (χ0) is 22.4. The molecule has 2 fully saturated rings. The molecule has 5 rings (SSSR count). The Morgan fingerprint density at radius 1 is 0.969 bits per heavy atom. The van der Waals surface area contributed by atoms with Gasteiger partial charge in [-0.3, -0.25) is 9.59 Å². The third kappa shape index (κ3) is 3.59. The first-order chi connectivity index (χ1) is 15.4. The molecule has 3 aliphatic rings. The summed E-state index contributed by atoms with van der Waals surface area (Å²) in [7, 11) is 0. The monoisotopic (exact) mass is 441 g/mol. The normalized spacial score (nSPS) is 23.3. The van der Waals surface area contributed by atoms with Crippen molar-refractivity contribution in [1.82, 2.24) is 15.3 Å². The maximum atomic E-state index is 15.1. The van der Waals surface area contributed by atoms with Gasteiger partial charge in [-0.2, -0.15) is 0 Å². The van der Waals surface area contributed by atoms with Gasteiger partial charge in [0.1, 0.15) is 35.4 Å². The molecule has 4 heterocycles. The van der Waals surface area contributed by atoms with Crippen molar-refractivity contribution in [2.45, 2.75) is 51.0 Å². The van der Waals surface area contributed by atoms with E-state index in [9.17, 15) is 9.59 Å². The number of halogens is 2. The molecule has 32 heavy (non-hydrogen) atoms. The molecule has 2 atom stereocenters. The molecular weight excluding hydrogens is 416 g/mol. The molecule has 1 aromatic carbocycles. The zero-order valence-corrected chi connectivity index (χ0v) is 17.9. The van der Waals surface area contributed by atoms with Crippen molar-refractivity contribution < 1.29 is 18.4 Å². The Labute approximate surface area is 184 Å². The number of piperidine rings is 2. The van der Waals surface area contributed by atoms with Crippen LogP contribution in [0.5, 0.6) is 0 Å². The standard InChI is InChI=1S/C23H25F2N5O2/c1-13-2-3-16(23(32)28-13)20-18(24)10-14(11-19(20)25)30-9-6-17-21(26-12-27-22(17)30)29-7-4-15(31)5-8-29/h10-13,16H,2-9H2,1H3,(H,28,32). The van der Waals surface area contributed by atoms with E-state index < -0.39 is 17.6 Å². The molecule has 1 aromatic heterocycles. The van der Waals surface area contributed by atoms with Gasteiger partial charge in [-0.1, -0.05) is 0 Å². The van der Waals surface area contributed by atoms with E-state index in [4.69, 9.17) is 0 Å². The van der Waals surface area contributed by atoms with Crippen molar-refractivity contribution in [2.24, 2.45) is 0 Å². The highest BCUT2D eigenvalue weighted by Gasteiger charge is 2.34. The number of nitrogens with one attached hydrogen (secondary N) is 1. The summed E-state index contributed by atoms with van der Waals surface area (Å²) in [4.78, 5) is 36.6. The van der Waals surface area contributed by atoms with Crippen molar-refractivity contribution in [2.75, 3.05) is 29.4 Å². The second-order valence-corrected chi connectivity index (χ2v) is 8.79. The quantitative estimate of drug-likeness (QED) is 0.789. The lowest BCUT2D eigenvalue weighted by Gasteiger charge is -2.29. The average molecular weight is 441 g/mol. The molecular formula is C23H25F2N5O2. The Bertz CT molecular complexity index is 1060. The SMILES string of the molecule is CC1CCC(c2c(F)cc(N3CCc4c(N5CCC(=O)CC5)ncnc43)cc2F)C(=O)N1. The Morgan fingerprint density at radius 3 is 2.34 bits per heavy atom. The van der Waals surface area contributed by atoms with Crippen molar-refractivity contribution >= 4 is 29.0 Å². The number of carbonyl (C=O) groups excluding carboxylic acids is 2. The molecule has 168 valence electrons. The van der Waals surface area contributed by atoms with Crippen LogP contribution in [0, 0.1) is 11.6 Å². The molecule has 1 N–H and O–H groups in total. The third-order valence-electron chi connectivity index (χ3n) is 6.68. The largest absolute Gasteiger partial charge is 0.355 e. The summed E-state index contributed by atoms with van der Waals surface area (Å²) in [6.07, 6.45) is 4.18. The first-order valence-corrected chi connectivity index (χ1v) is 11.1. The number of nitrogens with zero attached hydrogens (tertiary/aromatic N) is 4. The maximum absolute atomic E-state index is 15.1. The van der Waals surface area contributed by atoms with Gasteiger partial charge in [-0.05, 0) is 38.3 Å². The van der Waals surface area contributed by atoms with Crippen LogP contribution in [-0.4, -0.2) is 47.3 Å². The molecule has 2 saturated heterocycles. The van der Waals surface area contributed by atoms with Gasteiger partial charge in [0.15, 0.2) is 0 Å². The summed E-state index contributed by atoms with van der Waals surface area (Å²) in [6.45, 7) is 3.63. The van der Waals surface area contributed by atoms with Crippen LogP contribution in [0.2, 0.25) is 0 Å². The number of hydrogen-bond donors (Lipinski definition) is 1. The summed E-state index contributed by atoms with van der Waals surface area (Å²) in [6, 6.07) is 2.59. The van der Waals surface area contributed by atoms with E-state index in [0.717, 1.165) is 11.4 Å². The first kappa shape index (κ1) is 20.8.